The lowest BCUT2D eigenvalue weighted by Gasteiger charge is -2.18. The van der Waals surface area contributed by atoms with Crippen LogP contribution in [-0.2, 0) is 7.05 Å². The highest BCUT2D eigenvalue weighted by Gasteiger charge is 2.17. The number of nitrogens with one attached hydrogen (secondary N) is 1. The molecule has 0 spiro atoms. The van der Waals surface area contributed by atoms with Gasteiger partial charge in [0.25, 0.3) is 0 Å². The molecule has 1 heterocycles. The van der Waals surface area contributed by atoms with E-state index in [4.69, 9.17) is 11.6 Å². The van der Waals surface area contributed by atoms with Gasteiger partial charge in [-0.15, -0.1) is 0 Å². The molecule has 16 heavy (non-hydrogen) atoms. The van der Waals surface area contributed by atoms with Crippen LogP contribution in [0, 0.1) is 0 Å². The van der Waals surface area contributed by atoms with Crippen LogP contribution in [0.1, 0.15) is 17.3 Å². The first kappa shape index (κ1) is 11.2. The largest absolute Gasteiger partial charge is 0.336 e. The second kappa shape index (κ2) is 4.68. The Bertz CT molecular complexity index is 479. The van der Waals surface area contributed by atoms with E-state index >= 15 is 0 Å². The zero-order chi connectivity index (χ0) is 11.5. The minimum absolute atomic E-state index is 0.0706. The Morgan fingerprint density at radius 3 is 2.69 bits per heavy atom. The van der Waals surface area contributed by atoms with Gasteiger partial charge < -0.3 is 9.88 Å². The molecule has 1 atom stereocenters. The molecule has 2 rings (SSSR count). The Balaban J connectivity index is 2.45. The number of imidazole rings is 1. The van der Waals surface area contributed by atoms with Gasteiger partial charge in [-0.05, 0) is 18.7 Å². The number of aryl methyl sites for hydroxylation is 1. The number of aromatic nitrogens is 2. The maximum atomic E-state index is 6.20. The maximum Gasteiger partial charge on any atom is 0.0946 e. The fourth-order valence-corrected chi connectivity index (χ4v) is 2.06. The van der Waals surface area contributed by atoms with Gasteiger partial charge in [-0.1, -0.05) is 29.8 Å². The highest BCUT2D eigenvalue weighted by molar-refractivity contribution is 6.31. The summed E-state index contributed by atoms with van der Waals surface area (Å²) in [6, 6.07) is 7.92. The van der Waals surface area contributed by atoms with Gasteiger partial charge in [0.05, 0.1) is 24.3 Å². The number of benzene rings is 1. The Hall–Kier alpha value is -1.32. The van der Waals surface area contributed by atoms with Crippen LogP contribution in [0.5, 0.6) is 0 Å². The lowest BCUT2D eigenvalue weighted by molar-refractivity contribution is 0.638. The molecule has 3 nitrogen and oxygen atoms in total. The van der Waals surface area contributed by atoms with Gasteiger partial charge >= 0.3 is 0 Å². The monoisotopic (exact) mass is 235 g/mol. The van der Waals surface area contributed by atoms with Gasteiger partial charge in [0.15, 0.2) is 0 Å². The van der Waals surface area contributed by atoms with E-state index in [1.54, 1.807) is 6.33 Å². The lowest BCUT2D eigenvalue weighted by atomic mass is 10.0. The van der Waals surface area contributed by atoms with Crippen LogP contribution in [0.25, 0.3) is 0 Å². The van der Waals surface area contributed by atoms with Crippen LogP contribution in [0.4, 0.5) is 0 Å². The van der Waals surface area contributed by atoms with Crippen molar-refractivity contribution in [2.45, 2.75) is 6.04 Å². The van der Waals surface area contributed by atoms with E-state index < -0.39 is 0 Å². The quantitative estimate of drug-likeness (QED) is 0.886. The van der Waals surface area contributed by atoms with Crippen LogP contribution in [-0.4, -0.2) is 16.6 Å². The number of nitrogens with zero attached hydrogens (tertiary/aromatic N) is 2. The Morgan fingerprint density at radius 2 is 2.12 bits per heavy atom. The standard InChI is InChI=1S/C12H14ClN3/c1-14-12(11-7-15-8-16(11)2)9-5-3-4-6-10(9)13/h3-8,12,14H,1-2H3. The first-order valence-corrected chi connectivity index (χ1v) is 5.49. The summed E-state index contributed by atoms with van der Waals surface area (Å²) in [4.78, 5) is 4.13. The van der Waals surface area contributed by atoms with E-state index in [-0.39, 0.29) is 6.04 Å². The Labute approximate surface area is 100 Å². The predicted octanol–water partition coefficient (Wildman–Crippen LogP) is 2.38. The zero-order valence-corrected chi connectivity index (χ0v) is 10.1. The van der Waals surface area contributed by atoms with E-state index in [2.05, 4.69) is 10.3 Å². The summed E-state index contributed by atoms with van der Waals surface area (Å²) in [5, 5.41) is 4.02. The van der Waals surface area contributed by atoms with Crippen molar-refractivity contribution in [3.8, 4) is 0 Å². The maximum absolute atomic E-state index is 6.20. The van der Waals surface area contributed by atoms with Crippen LogP contribution in [0.3, 0.4) is 0 Å². The Morgan fingerprint density at radius 1 is 1.38 bits per heavy atom. The summed E-state index contributed by atoms with van der Waals surface area (Å²) in [6.45, 7) is 0. The third kappa shape index (κ3) is 1.96. The minimum Gasteiger partial charge on any atom is -0.336 e. The molecule has 0 aliphatic heterocycles. The second-order valence-corrected chi connectivity index (χ2v) is 4.08. The van der Waals surface area contributed by atoms with E-state index in [1.165, 1.54) is 0 Å². The first-order valence-electron chi connectivity index (χ1n) is 5.12. The summed E-state index contributed by atoms with van der Waals surface area (Å²) >= 11 is 6.20. The van der Waals surface area contributed by atoms with E-state index in [1.807, 2.05) is 49.1 Å². The molecule has 84 valence electrons. The van der Waals surface area contributed by atoms with Crippen molar-refractivity contribution in [1.82, 2.24) is 14.9 Å². The van der Waals surface area contributed by atoms with Crippen molar-refractivity contribution in [2.24, 2.45) is 7.05 Å². The van der Waals surface area contributed by atoms with E-state index in [0.29, 0.717) is 0 Å². The Kier molecular flexibility index (Phi) is 3.27. The molecule has 0 aliphatic rings. The molecular formula is C12H14ClN3. The molecule has 0 saturated carbocycles. The molecule has 0 radical (unpaired) electrons. The van der Waals surface area contributed by atoms with Gasteiger partial charge in [0.2, 0.25) is 0 Å². The van der Waals surface area contributed by atoms with Crippen molar-refractivity contribution in [2.75, 3.05) is 7.05 Å². The average molecular weight is 236 g/mol. The molecule has 2 aromatic rings. The van der Waals surface area contributed by atoms with Crippen LogP contribution >= 0.6 is 11.6 Å². The summed E-state index contributed by atoms with van der Waals surface area (Å²) in [6.07, 6.45) is 3.64. The fraction of sp³-hybridized carbons (Fsp3) is 0.250. The predicted molar refractivity (Wildman–Crippen MR) is 65.6 cm³/mol. The third-order valence-electron chi connectivity index (χ3n) is 2.65. The van der Waals surface area contributed by atoms with Crippen molar-refractivity contribution < 1.29 is 0 Å². The topological polar surface area (TPSA) is 29.9 Å². The minimum atomic E-state index is 0.0706. The summed E-state index contributed by atoms with van der Waals surface area (Å²) in [7, 11) is 3.89. The fourth-order valence-electron chi connectivity index (χ4n) is 1.82. The smallest absolute Gasteiger partial charge is 0.0946 e. The van der Waals surface area contributed by atoms with Gasteiger partial charge in [-0.3, -0.25) is 0 Å². The SMILES string of the molecule is CNC(c1ccccc1Cl)c1cncn1C. The average Bonchev–Trinajstić information content (AvgIpc) is 2.69. The zero-order valence-electron chi connectivity index (χ0n) is 9.31. The molecule has 1 aromatic carbocycles. The number of halogens is 1. The van der Waals surface area contributed by atoms with Crippen LogP contribution in [0.15, 0.2) is 36.8 Å². The summed E-state index contributed by atoms with van der Waals surface area (Å²) < 4.78 is 1.99. The highest BCUT2D eigenvalue weighted by atomic mass is 35.5. The van der Waals surface area contributed by atoms with Crippen molar-refractivity contribution >= 4 is 11.6 Å². The van der Waals surface area contributed by atoms with Gasteiger partial charge in [-0.25, -0.2) is 4.98 Å². The molecule has 0 saturated heterocycles. The summed E-state index contributed by atoms with van der Waals surface area (Å²) in [5.74, 6) is 0. The number of rotatable bonds is 3. The molecule has 1 aromatic heterocycles. The second-order valence-electron chi connectivity index (χ2n) is 3.67. The summed E-state index contributed by atoms with van der Waals surface area (Å²) in [5.41, 5.74) is 2.16. The van der Waals surface area contributed by atoms with Crippen LogP contribution < -0.4 is 5.32 Å². The lowest BCUT2D eigenvalue weighted by Crippen LogP contribution is -2.20. The molecule has 1 N–H and O–H groups in total. The van der Waals surface area contributed by atoms with Crippen LogP contribution in [0.2, 0.25) is 5.02 Å². The number of hydrogen-bond donors (Lipinski definition) is 1. The van der Waals surface area contributed by atoms with Gasteiger partial charge in [-0.2, -0.15) is 0 Å². The van der Waals surface area contributed by atoms with Crippen molar-refractivity contribution in [1.29, 1.82) is 0 Å². The van der Waals surface area contributed by atoms with E-state index in [0.717, 1.165) is 16.3 Å². The molecular weight excluding hydrogens is 222 g/mol. The molecule has 1 unspecified atom stereocenters. The molecule has 0 aliphatic carbocycles. The van der Waals surface area contributed by atoms with Crippen molar-refractivity contribution in [3.63, 3.8) is 0 Å². The molecule has 0 bridgehead atoms. The molecule has 0 amide bonds. The molecule has 0 fully saturated rings. The third-order valence-corrected chi connectivity index (χ3v) is 3.00. The highest BCUT2D eigenvalue weighted by Crippen LogP contribution is 2.27. The number of hydrogen-bond acceptors (Lipinski definition) is 2. The first-order chi connectivity index (χ1) is 7.74. The van der Waals surface area contributed by atoms with E-state index in [9.17, 15) is 0 Å². The van der Waals surface area contributed by atoms with Gasteiger partial charge in [0, 0.05) is 12.1 Å². The molecule has 4 heteroatoms. The van der Waals surface area contributed by atoms with Crippen molar-refractivity contribution in [3.05, 3.63) is 53.1 Å². The van der Waals surface area contributed by atoms with Gasteiger partial charge in [0.1, 0.15) is 0 Å². The normalized spacial score (nSPS) is 12.7.